The van der Waals surface area contributed by atoms with E-state index in [9.17, 15) is 4.79 Å². The molecular weight excluding hydrogens is 112 g/mol. The second kappa shape index (κ2) is 2.76. The van der Waals surface area contributed by atoms with E-state index in [0.717, 1.165) is 0 Å². The van der Waals surface area contributed by atoms with E-state index in [4.69, 9.17) is 10.4 Å². The first-order chi connectivity index (χ1) is 3.68. The van der Waals surface area contributed by atoms with Gasteiger partial charge >= 0.3 is 0 Å². The van der Waals surface area contributed by atoms with Gasteiger partial charge in [0, 0.05) is 0 Å². The third-order valence-corrected chi connectivity index (χ3v) is 0.772. The molecule has 0 aromatic carbocycles. The summed E-state index contributed by atoms with van der Waals surface area (Å²) in [5.74, 6) is 0. The lowest BCUT2D eigenvalue weighted by molar-refractivity contribution is -0.309. The van der Waals surface area contributed by atoms with E-state index in [-0.39, 0.29) is 0 Å². The first-order valence-corrected chi connectivity index (χ1v) is 2.08. The van der Waals surface area contributed by atoms with Gasteiger partial charge < -0.3 is 5.11 Å². The van der Waals surface area contributed by atoms with Crippen molar-refractivity contribution in [3.05, 3.63) is 0 Å². The molecule has 0 amide bonds. The maximum absolute atomic E-state index is 9.84. The summed E-state index contributed by atoms with van der Waals surface area (Å²) in [4.78, 5) is 13.5. The van der Waals surface area contributed by atoms with Gasteiger partial charge in [-0.25, -0.2) is 4.89 Å². The molecule has 0 saturated carbocycles. The van der Waals surface area contributed by atoms with Crippen LogP contribution >= 0.6 is 0 Å². The van der Waals surface area contributed by atoms with Crippen LogP contribution in [0.15, 0.2) is 0 Å². The molecule has 0 radical (unpaired) electrons. The standard InChI is InChI=1S/C4H8O4/c1-4(2-5,3-6)8-7/h2,6-7H,3H2,1H3. The van der Waals surface area contributed by atoms with Crippen LogP contribution in [0.5, 0.6) is 0 Å². The Kier molecular flexibility index (Phi) is 2.60. The van der Waals surface area contributed by atoms with Crippen molar-refractivity contribution in [2.24, 2.45) is 0 Å². The summed E-state index contributed by atoms with van der Waals surface area (Å²) < 4.78 is 0. The number of aliphatic hydroxyl groups is 1. The van der Waals surface area contributed by atoms with Crippen molar-refractivity contribution in [1.29, 1.82) is 0 Å². The minimum Gasteiger partial charge on any atom is -0.393 e. The molecule has 0 bridgehead atoms. The van der Waals surface area contributed by atoms with Gasteiger partial charge in [0.05, 0.1) is 6.61 Å². The minimum absolute atomic E-state index is 0.326. The first kappa shape index (κ1) is 7.55. The molecule has 0 fully saturated rings. The Morgan fingerprint density at radius 3 is 2.38 bits per heavy atom. The SMILES string of the molecule is CC(C=O)(CO)OO. The second-order valence-electron chi connectivity index (χ2n) is 1.68. The Labute approximate surface area is 46.6 Å². The van der Waals surface area contributed by atoms with Crippen LogP contribution in [0.3, 0.4) is 0 Å². The maximum atomic E-state index is 9.84. The summed E-state index contributed by atoms with van der Waals surface area (Å²) in [5.41, 5.74) is -1.44. The highest BCUT2D eigenvalue weighted by Gasteiger charge is 2.22. The van der Waals surface area contributed by atoms with Crippen molar-refractivity contribution in [2.45, 2.75) is 12.5 Å². The van der Waals surface area contributed by atoms with Crippen molar-refractivity contribution in [3.8, 4) is 0 Å². The molecular formula is C4H8O4. The van der Waals surface area contributed by atoms with E-state index >= 15 is 0 Å². The zero-order valence-corrected chi connectivity index (χ0v) is 4.50. The highest BCUT2D eigenvalue weighted by Crippen LogP contribution is 2.00. The highest BCUT2D eigenvalue weighted by molar-refractivity contribution is 5.61. The Morgan fingerprint density at radius 2 is 2.38 bits per heavy atom. The lowest BCUT2D eigenvalue weighted by atomic mass is 10.1. The molecule has 0 saturated heterocycles. The van der Waals surface area contributed by atoms with Gasteiger partial charge in [0.25, 0.3) is 0 Å². The molecule has 0 spiro atoms. The van der Waals surface area contributed by atoms with Crippen LogP contribution in [0.1, 0.15) is 6.92 Å². The Morgan fingerprint density at radius 1 is 1.88 bits per heavy atom. The summed E-state index contributed by atoms with van der Waals surface area (Å²) in [7, 11) is 0. The predicted molar refractivity (Wildman–Crippen MR) is 25.3 cm³/mol. The average molecular weight is 120 g/mol. The van der Waals surface area contributed by atoms with Crippen molar-refractivity contribution >= 4 is 6.29 Å². The van der Waals surface area contributed by atoms with E-state index in [1.807, 2.05) is 0 Å². The van der Waals surface area contributed by atoms with E-state index in [1.54, 1.807) is 0 Å². The zero-order valence-electron chi connectivity index (χ0n) is 4.50. The van der Waals surface area contributed by atoms with Crippen LogP contribution in [-0.2, 0) is 9.68 Å². The fourth-order valence-corrected chi connectivity index (χ4v) is 0.0877. The van der Waals surface area contributed by atoms with Crippen LogP contribution in [0.2, 0.25) is 0 Å². The molecule has 0 aliphatic heterocycles. The van der Waals surface area contributed by atoms with Gasteiger partial charge in [0.2, 0.25) is 0 Å². The topological polar surface area (TPSA) is 66.8 Å². The summed E-state index contributed by atoms with van der Waals surface area (Å²) >= 11 is 0. The third-order valence-electron chi connectivity index (χ3n) is 0.772. The first-order valence-electron chi connectivity index (χ1n) is 2.08. The second-order valence-corrected chi connectivity index (χ2v) is 1.68. The van der Waals surface area contributed by atoms with Crippen LogP contribution in [0, 0.1) is 0 Å². The van der Waals surface area contributed by atoms with Crippen molar-refractivity contribution in [2.75, 3.05) is 6.61 Å². The third kappa shape index (κ3) is 1.57. The fourth-order valence-electron chi connectivity index (χ4n) is 0.0877. The van der Waals surface area contributed by atoms with Crippen LogP contribution in [0.25, 0.3) is 0 Å². The molecule has 0 aromatic heterocycles. The van der Waals surface area contributed by atoms with Crippen molar-refractivity contribution in [1.82, 2.24) is 0 Å². The van der Waals surface area contributed by atoms with Crippen molar-refractivity contribution in [3.63, 3.8) is 0 Å². The largest absolute Gasteiger partial charge is 0.393 e. The molecule has 1 unspecified atom stereocenters. The van der Waals surface area contributed by atoms with Crippen LogP contribution in [-0.4, -0.2) is 28.9 Å². The van der Waals surface area contributed by atoms with Crippen molar-refractivity contribution < 1.29 is 20.0 Å². The molecule has 4 nitrogen and oxygen atoms in total. The highest BCUT2D eigenvalue weighted by atomic mass is 17.1. The quantitative estimate of drug-likeness (QED) is 0.297. The Bertz CT molecular complexity index is 76.1. The summed E-state index contributed by atoms with van der Waals surface area (Å²) in [5, 5.41) is 16.2. The number of hydrogen-bond donors (Lipinski definition) is 2. The van der Waals surface area contributed by atoms with Crippen LogP contribution < -0.4 is 0 Å². The molecule has 1 atom stereocenters. The predicted octanol–water partition coefficient (Wildman–Crippen LogP) is -0.574. The van der Waals surface area contributed by atoms with Crippen LogP contribution in [0.4, 0.5) is 0 Å². The molecule has 0 aromatic rings. The number of rotatable bonds is 3. The molecule has 48 valence electrons. The molecule has 0 aliphatic rings. The van der Waals surface area contributed by atoms with Gasteiger partial charge in [-0.15, -0.1) is 0 Å². The van der Waals surface area contributed by atoms with E-state index in [1.165, 1.54) is 6.92 Å². The lowest BCUT2D eigenvalue weighted by Crippen LogP contribution is -2.33. The molecule has 2 N–H and O–H groups in total. The number of aliphatic hydroxyl groups excluding tert-OH is 1. The zero-order chi connectivity index (χ0) is 6.62. The van der Waals surface area contributed by atoms with Gasteiger partial charge in [-0.05, 0) is 6.92 Å². The van der Waals surface area contributed by atoms with Gasteiger partial charge in [0.15, 0.2) is 11.9 Å². The minimum atomic E-state index is -1.44. The maximum Gasteiger partial charge on any atom is 0.178 e. The number of carbonyl (C=O) groups excluding carboxylic acids is 1. The molecule has 0 aliphatic carbocycles. The van der Waals surface area contributed by atoms with E-state index in [2.05, 4.69) is 4.89 Å². The van der Waals surface area contributed by atoms with Gasteiger partial charge in [-0.1, -0.05) is 0 Å². The van der Waals surface area contributed by atoms with Gasteiger partial charge in [0.1, 0.15) is 0 Å². The number of aldehydes is 1. The monoisotopic (exact) mass is 120 g/mol. The lowest BCUT2D eigenvalue weighted by Gasteiger charge is -2.13. The number of hydrogen-bond acceptors (Lipinski definition) is 4. The van der Waals surface area contributed by atoms with E-state index < -0.39 is 12.2 Å². The van der Waals surface area contributed by atoms with E-state index in [0.29, 0.717) is 6.29 Å². The van der Waals surface area contributed by atoms with Gasteiger partial charge in [-0.3, -0.25) is 10.1 Å². The molecule has 0 rings (SSSR count). The smallest absolute Gasteiger partial charge is 0.178 e. The summed E-state index contributed by atoms with van der Waals surface area (Å²) in [6, 6.07) is 0. The molecule has 8 heavy (non-hydrogen) atoms. The normalized spacial score (nSPS) is 17.4. The summed E-state index contributed by atoms with van der Waals surface area (Å²) in [6.07, 6.45) is 0.326. The average Bonchev–Trinajstić information content (AvgIpc) is 1.87. The van der Waals surface area contributed by atoms with Gasteiger partial charge in [-0.2, -0.15) is 0 Å². The molecule has 4 heteroatoms. The Hall–Kier alpha value is -0.450. The Balaban J connectivity index is 3.76. The fraction of sp³-hybridized carbons (Fsp3) is 0.750. The summed E-state index contributed by atoms with van der Waals surface area (Å²) in [6.45, 7) is 0.743. The molecule has 0 heterocycles. The number of carbonyl (C=O) groups is 1.